The summed E-state index contributed by atoms with van der Waals surface area (Å²) in [5.41, 5.74) is 4.73. The third kappa shape index (κ3) is 4.46. The van der Waals surface area contributed by atoms with E-state index in [1.165, 1.54) is 0 Å². The van der Waals surface area contributed by atoms with Crippen LogP contribution in [0.25, 0.3) is 11.3 Å². The van der Waals surface area contributed by atoms with E-state index in [0.717, 1.165) is 28.9 Å². The average Bonchev–Trinajstić information content (AvgIpc) is 3.29. The molecule has 0 spiro atoms. The maximum atomic E-state index is 12.0. The van der Waals surface area contributed by atoms with Crippen LogP contribution in [0.5, 0.6) is 0 Å². The molecular weight excluding hydrogens is 432 g/mol. The zero-order valence-corrected chi connectivity index (χ0v) is 18.6. The molecule has 4 aromatic rings. The Balaban J connectivity index is 1.48. The second-order valence-electron chi connectivity index (χ2n) is 8.08. The first-order valence-corrected chi connectivity index (χ1v) is 11.0. The number of hydrogen-bond donors (Lipinski definition) is 4. The SMILES string of the molecule is Cc1cc(-c2cnc(Nc3ccc4c(c3)CCNC4=O)nc2NC(CO)c2ccccc2)on1. The van der Waals surface area contributed by atoms with Crippen LogP contribution in [0.2, 0.25) is 0 Å². The molecule has 0 bridgehead atoms. The number of benzene rings is 2. The lowest BCUT2D eigenvalue weighted by Crippen LogP contribution is -2.31. The molecule has 1 aliphatic rings. The smallest absolute Gasteiger partial charge is 0.251 e. The summed E-state index contributed by atoms with van der Waals surface area (Å²) in [5.74, 6) is 1.33. The van der Waals surface area contributed by atoms with E-state index < -0.39 is 0 Å². The van der Waals surface area contributed by atoms with Crippen LogP contribution in [0.15, 0.2) is 65.3 Å². The molecule has 0 saturated carbocycles. The van der Waals surface area contributed by atoms with Crippen molar-refractivity contribution < 1.29 is 14.4 Å². The van der Waals surface area contributed by atoms with Crippen LogP contribution in [0.1, 0.15) is 33.2 Å². The second-order valence-corrected chi connectivity index (χ2v) is 8.08. The average molecular weight is 457 g/mol. The molecule has 0 aliphatic carbocycles. The van der Waals surface area contributed by atoms with E-state index in [4.69, 9.17) is 4.52 Å². The first kappa shape index (κ1) is 21.6. The molecule has 9 nitrogen and oxygen atoms in total. The Morgan fingerprint density at radius 3 is 2.76 bits per heavy atom. The highest BCUT2D eigenvalue weighted by Gasteiger charge is 2.19. The van der Waals surface area contributed by atoms with Gasteiger partial charge in [0, 0.05) is 30.1 Å². The van der Waals surface area contributed by atoms with Gasteiger partial charge in [-0.1, -0.05) is 35.5 Å². The van der Waals surface area contributed by atoms with Crippen molar-refractivity contribution in [2.45, 2.75) is 19.4 Å². The number of aliphatic hydroxyl groups is 1. The Morgan fingerprint density at radius 1 is 1.15 bits per heavy atom. The number of aryl methyl sites for hydroxylation is 1. The third-order valence-electron chi connectivity index (χ3n) is 5.66. The van der Waals surface area contributed by atoms with Crippen molar-refractivity contribution in [2.24, 2.45) is 0 Å². The number of aromatic nitrogens is 3. The Bertz CT molecular complexity index is 1320. The monoisotopic (exact) mass is 456 g/mol. The van der Waals surface area contributed by atoms with Crippen LogP contribution in [0.3, 0.4) is 0 Å². The molecule has 1 amide bonds. The van der Waals surface area contributed by atoms with Crippen molar-refractivity contribution >= 4 is 23.4 Å². The zero-order valence-electron chi connectivity index (χ0n) is 18.6. The molecule has 2 aromatic heterocycles. The highest BCUT2D eigenvalue weighted by atomic mass is 16.5. The van der Waals surface area contributed by atoms with Crippen LogP contribution < -0.4 is 16.0 Å². The van der Waals surface area contributed by atoms with Crippen LogP contribution in [-0.2, 0) is 6.42 Å². The molecule has 34 heavy (non-hydrogen) atoms. The second kappa shape index (κ2) is 9.32. The van der Waals surface area contributed by atoms with E-state index in [1.807, 2.05) is 55.5 Å². The molecular formula is C25H24N6O3. The molecule has 5 rings (SSSR count). The van der Waals surface area contributed by atoms with Crippen molar-refractivity contribution in [1.29, 1.82) is 0 Å². The minimum atomic E-state index is -0.381. The maximum Gasteiger partial charge on any atom is 0.251 e. The molecule has 0 saturated heterocycles. The Kier molecular flexibility index (Phi) is 5.92. The van der Waals surface area contributed by atoms with E-state index in [0.29, 0.717) is 35.2 Å². The number of nitrogens with one attached hydrogen (secondary N) is 3. The summed E-state index contributed by atoms with van der Waals surface area (Å²) in [4.78, 5) is 21.2. The first-order chi connectivity index (χ1) is 16.6. The van der Waals surface area contributed by atoms with Crippen molar-refractivity contribution in [1.82, 2.24) is 20.4 Å². The molecule has 3 heterocycles. The normalized spacial score (nSPS) is 13.6. The van der Waals surface area contributed by atoms with Crippen LogP contribution in [0.4, 0.5) is 17.5 Å². The standard InChI is InChI=1S/C25H24N6O3/c1-15-11-22(34-31-15)20-13-27-25(28-18-7-8-19-17(12-18)9-10-26-24(19)33)30-23(20)29-21(14-32)16-5-3-2-4-6-16/h2-8,11-13,21,32H,9-10,14H2,1H3,(H,26,33)(H2,27,28,29,30). The van der Waals surface area contributed by atoms with E-state index in [9.17, 15) is 9.90 Å². The van der Waals surface area contributed by atoms with Gasteiger partial charge < -0.3 is 25.6 Å². The minimum Gasteiger partial charge on any atom is -0.394 e. The van der Waals surface area contributed by atoms with Gasteiger partial charge >= 0.3 is 0 Å². The Labute approximate surface area is 196 Å². The number of amides is 1. The molecule has 1 atom stereocenters. The van der Waals surface area contributed by atoms with Gasteiger partial charge in [-0.3, -0.25) is 4.79 Å². The van der Waals surface area contributed by atoms with Crippen LogP contribution in [-0.4, -0.2) is 39.3 Å². The lowest BCUT2D eigenvalue weighted by Gasteiger charge is -2.20. The number of rotatable bonds is 7. The number of aliphatic hydroxyl groups excluding tert-OH is 1. The molecule has 1 unspecified atom stereocenters. The van der Waals surface area contributed by atoms with Crippen molar-refractivity contribution in [3.63, 3.8) is 0 Å². The maximum absolute atomic E-state index is 12.0. The van der Waals surface area contributed by atoms with E-state index in [2.05, 4.69) is 31.1 Å². The Hall–Kier alpha value is -4.24. The fourth-order valence-corrected chi connectivity index (χ4v) is 3.94. The molecule has 0 radical (unpaired) electrons. The van der Waals surface area contributed by atoms with E-state index in [1.54, 1.807) is 12.3 Å². The number of nitrogens with zero attached hydrogens (tertiary/aromatic N) is 3. The van der Waals surface area contributed by atoms with Gasteiger partial charge in [0.25, 0.3) is 5.91 Å². The fourth-order valence-electron chi connectivity index (χ4n) is 3.94. The van der Waals surface area contributed by atoms with Gasteiger partial charge in [-0.2, -0.15) is 4.98 Å². The number of hydrogen-bond acceptors (Lipinski definition) is 8. The summed E-state index contributed by atoms with van der Waals surface area (Å²) in [6.45, 7) is 2.33. The van der Waals surface area contributed by atoms with Crippen molar-refractivity contribution in [3.8, 4) is 11.3 Å². The molecule has 2 aromatic carbocycles. The lowest BCUT2D eigenvalue weighted by molar-refractivity contribution is 0.0946. The van der Waals surface area contributed by atoms with Crippen LogP contribution in [0, 0.1) is 6.92 Å². The Morgan fingerprint density at radius 2 is 2.00 bits per heavy atom. The predicted molar refractivity (Wildman–Crippen MR) is 128 cm³/mol. The van der Waals surface area contributed by atoms with Crippen LogP contribution >= 0.6 is 0 Å². The molecule has 4 N–H and O–H groups in total. The van der Waals surface area contributed by atoms with Gasteiger partial charge in [-0.15, -0.1) is 0 Å². The van der Waals surface area contributed by atoms with Gasteiger partial charge in [0.2, 0.25) is 5.95 Å². The number of carbonyl (C=O) groups is 1. The minimum absolute atomic E-state index is 0.0572. The topological polar surface area (TPSA) is 125 Å². The highest BCUT2D eigenvalue weighted by Crippen LogP contribution is 2.31. The van der Waals surface area contributed by atoms with Gasteiger partial charge in [0.05, 0.1) is 23.9 Å². The molecule has 9 heteroatoms. The van der Waals surface area contributed by atoms with E-state index >= 15 is 0 Å². The third-order valence-corrected chi connectivity index (χ3v) is 5.66. The lowest BCUT2D eigenvalue weighted by atomic mass is 10.00. The van der Waals surface area contributed by atoms with E-state index in [-0.39, 0.29) is 18.6 Å². The van der Waals surface area contributed by atoms with Gasteiger partial charge in [-0.05, 0) is 42.7 Å². The summed E-state index contributed by atoms with van der Waals surface area (Å²) < 4.78 is 5.45. The predicted octanol–water partition coefficient (Wildman–Crippen LogP) is 3.62. The number of fused-ring (bicyclic) bond motifs is 1. The number of anilines is 3. The zero-order chi connectivity index (χ0) is 23.5. The summed E-state index contributed by atoms with van der Waals surface area (Å²) >= 11 is 0. The largest absolute Gasteiger partial charge is 0.394 e. The fraction of sp³-hybridized carbons (Fsp3) is 0.200. The molecule has 0 fully saturated rings. The highest BCUT2D eigenvalue weighted by molar-refractivity contribution is 5.97. The quantitative estimate of drug-likeness (QED) is 0.332. The molecule has 172 valence electrons. The summed E-state index contributed by atoms with van der Waals surface area (Å²) in [6, 6.07) is 16.6. The summed E-state index contributed by atoms with van der Waals surface area (Å²) in [5, 5.41) is 23.4. The summed E-state index contributed by atoms with van der Waals surface area (Å²) in [7, 11) is 0. The van der Waals surface area contributed by atoms with Gasteiger partial charge in [0.15, 0.2) is 5.76 Å². The van der Waals surface area contributed by atoms with Crippen molar-refractivity contribution in [3.05, 3.63) is 83.2 Å². The van der Waals surface area contributed by atoms with Crippen molar-refractivity contribution in [2.75, 3.05) is 23.8 Å². The van der Waals surface area contributed by atoms with Gasteiger partial charge in [-0.25, -0.2) is 4.98 Å². The first-order valence-electron chi connectivity index (χ1n) is 11.0. The summed E-state index contributed by atoms with van der Waals surface area (Å²) in [6.07, 6.45) is 2.42. The van der Waals surface area contributed by atoms with Gasteiger partial charge in [0.1, 0.15) is 5.82 Å². The number of carbonyl (C=O) groups excluding carboxylic acids is 1. The molecule has 1 aliphatic heterocycles.